The Bertz CT molecular complexity index is 102. The molecular formula is C10H19ClO. The molecule has 72 valence electrons. The molecule has 1 aliphatic rings. The van der Waals surface area contributed by atoms with Gasteiger partial charge in [-0.15, -0.1) is 11.6 Å². The van der Waals surface area contributed by atoms with Gasteiger partial charge in [-0.3, -0.25) is 0 Å². The average molecular weight is 191 g/mol. The van der Waals surface area contributed by atoms with Gasteiger partial charge in [0, 0.05) is 0 Å². The van der Waals surface area contributed by atoms with Crippen LogP contribution >= 0.6 is 11.6 Å². The molecule has 12 heavy (non-hydrogen) atoms. The van der Waals surface area contributed by atoms with E-state index in [1.54, 1.807) is 0 Å². The van der Waals surface area contributed by atoms with Crippen LogP contribution in [0, 0.1) is 0 Å². The van der Waals surface area contributed by atoms with Gasteiger partial charge in [0.05, 0.1) is 11.5 Å². The lowest BCUT2D eigenvalue weighted by atomic mass is 9.99. The summed E-state index contributed by atoms with van der Waals surface area (Å²) in [5.41, 5.74) is 0. The minimum atomic E-state index is -0.259. The summed E-state index contributed by atoms with van der Waals surface area (Å²) in [6.45, 7) is 0. The summed E-state index contributed by atoms with van der Waals surface area (Å²) in [5.74, 6) is 0. The lowest BCUT2D eigenvalue weighted by Gasteiger charge is -2.18. The van der Waals surface area contributed by atoms with Crippen molar-refractivity contribution in [1.29, 1.82) is 0 Å². The third-order valence-corrected chi connectivity index (χ3v) is 3.16. The lowest BCUT2D eigenvalue weighted by molar-refractivity contribution is 0.149. The van der Waals surface area contributed by atoms with Crippen molar-refractivity contribution >= 4 is 11.6 Å². The second-order valence-corrected chi connectivity index (χ2v) is 4.34. The zero-order chi connectivity index (χ0) is 8.81. The Labute approximate surface area is 80.1 Å². The Morgan fingerprint density at radius 2 is 1.33 bits per heavy atom. The molecule has 1 N–H and O–H groups in total. The fourth-order valence-electron chi connectivity index (χ4n) is 1.77. The molecule has 1 nitrogen and oxygen atoms in total. The Morgan fingerprint density at radius 3 is 2.00 bits per heavy atom. The van der Waals surface area contributed by atoms with E-state index in [0.29, 0.717) is 0 Å². The van der Waals surface area contributed by atoms with Crippen LogP contribution in [0.5, 0.6) is 0 Å². The highest BCUT2D eigenvalue weighted by atomic mass is 35.5. The molecule has 1 rings (SSSR count). The number of aliphatic hydroxyl groups excluding tert-OH is 1. The van der Waals surface area contributed by atoms with Crippen molar-refractivity contribution in [2.75, 3.05) is 0 Å². The summed E-state index contributed by atoms with van der Waals surface area (Å²) in [6, 6.07) is 0. The van der Waals surface area contributed by atoms with E-state index in [1.807, 2.05) is 0 Å². The van der Waals surface area contributed by atoms with Gasteiger partial charge >= 0.3 is 0 Å². The van der Waals surface area contributed by atoms with E-state index in [-0.39, 0.29) is 11.5 Å². The van der Waals surface area contributed by atoms with Crippen molar-refractivity contribution in [3.63, 3.8) is 0 Å². The quantitative estimate of drug-likeness (QED) is 0.582. The van der Waals surface area contributed by atoms with E-state index in [2.05, 4.69) is 0 Å². The van der Waals surface area contributed by atoms with Gasteiger partial charge in [-0.25, -0.2) is 0 Å². The molecule has 0 heterocycles. The molecule has 0 saturated heterocycles. The van der Waals surface area contributed by atoms with Gasteiger partial charge in [0.15, 0.2) is 0 Å². The first kappa shape index (κ1) is 10.3. The van der Waals surface area contributed by atoms with E-state index in [0.717, 1.165) is 19.3 Å². The van der Waals surface area contributed by atoms with Crippen LogP contribution in [0.3, 0.4) is 0 Å². The van der Waals surface area contributed by atoms with Crippen molar-refractivity contribution in [2.45, 2.75) is 62.8 Å². The standard InChI is InChI=1S/C10H19ClO/c11-9-7-5-3-1-2-4-6-8-10(9)12/h9-10,12H,1-8H2/t9-,10+/m0/s1. The van der Waals surface area contributed by atoms with E-state index < -0.39 is 0 Å². The number of halogens is 1. The van der Waals surface area contributed by atoms with E-state index in [1.165, 1.54) is 32.1 Å². The van der Waals surface area contributed by atoms with E-state index >= 15 is 0 Å². The van der Waals surface area contributed by atoms with Gasteiger partial charge in [-0.1, -0.05) is 38.5 Å². The van der Waals surface area contributed by atoms with E-state index in [4.69, 9.17) is 11.6 Å². The van der Waals surface area contributed by atoms with Crippen molar-refractivity contribution in [3.05, 3.63) is 0 Å². The van der Waals surface area contributed by atoms with Crippen LogP contribution in [0.25, 0.3) is 0 Å². The fourth-order valence-corrected chi connectivity index (χ4v) is 2.05. The van der Waals surface area contributed by atoms with Crippen LogP contribution in [0.4, 0.5) is 0 Å². The van der Waals surface area contributed by atoms with Gasteiger partial charge in [0.2, 0.25) is 0 Å². The zero-order valence-electron chi connectivity index (χ0n) is 7.64. The van der Waals surface area contributed by atoms with Crippen molar-refractivity contribution < 1.29 is 5.11 Å². The van der Waals surface area contributed by atoms with Crippen LogP contribution in [0.1, 0.15) is 51.4 Å². The molecule has 0 amide bonds. The number of hydrogen-bond acceptors (Lipinski definition) is 1. The Hall–Kier alpha value is 0.250. The molecule has 2 heteroatoms. The van der Waals surface area contributed by atoms with Gasteiger partial charge in [-0.05, 0) is 12.8 Å². The average Bonchev–Trinajstić information content (AvgIpc) is 2.08. The minimum absolute atomic E-state index is 0.00287. The zero-order valence-corrected chi connectivity index (χ0v) is 8.39. The molecule has 0 aromatic rings. The fraction of sp³-hybridized carbons (Fsp3) is 1.00. The number of hydrogen-bond donors (Lipinski definition) is 1. The monoisotopic (exact) mass is 190 g/mol. The maximum atomic E-state index is 9.57. The molecule has 0 bridgehead atoms. The normalized spacial score (nSPS) is 34.5. The lowest BCUT2D eigenvalue weighted by Crippen LogP contribution is -2.21. The van der Waals surface area contributed by atoms with Crippen LogP contribution in [-0.2, 0) is 0 Å². The molecule has 0 aromatic heterocycles. The molecule has 2 atom stereocenters. The van der Waals surface area contributed by atoms with Crippen molar-refractivity contribution in [1.82, 2.24) is 0 Å². The molecule has 0 radical (unpaired) electrons. The highest BCUT2D eigenvalue weighted by molar-refractivity contribution is 6.21. The first-order valence-electron chi connectivity index (χ1n) is 5.13. The number of rotatable bonds is 0. The van der Waals surface area contributed by atoms with Crippen LogP contribution < -0.4 is 0 Å². The highest BCUT2D eigenvalue weighted by Gasteiger charge is 2.16. The second-order valence-electron chi connectivity index (χ2n) is 3.78. The molecule has 0 aliphatic heterocycles. The van der Waals surface area contributed by atoms with Gasteiger partial charge < -0.3 is 5.11 Å². The smallest absolute Gasteiger partial charge is 0.0703 e. The molecular weight excluding hydrogens is 172 g/mol. The SMILES string of the molecule is O[C@@H]1CCCCCCCC[C@@H]1Cl. The molecule has 1 saturated carbocycles. The molecule has 0 spiro atoms. The minimum Gasteiger partial charge on any atom is -0.392 e. The largest absolute Gasteiger partial charge is 0.392 e. The predicted octanol–water partition coefficient (Wildman–Crippen LogP) is 3.09. The molecule has 0 unspecified atom stereocenters. The van der Waals surface area contributed by atoms with Crippen molar-refractivity contribution in [3.8, 4) is 0 Å². The number of alkyl halides is 1. The van der Waals surface area contributed by atoms with Crippen LogP contribution in [0.15, 0.2) is 0 Å². The summed E-state index contributed by atoms with van der Waals surface area (Å²) in [7, 11) is 0. The topological polar surface area (TPSA) is 20.2 Å². The van der Waals surface area contributed by atoms with Gasteiger partial charge in [-0.2, -0.15) is 0 Å². The predicted molar refractivity (Wildman–Crippen MR) is 52.6 cm³/mol. The Balaban J connectivity index is 2.26. The Morgan fingerprint density at radius 1 is 0.833 bits per heavy atom. The summed E-state index contributed by atoms with van der Waals surface area (Å²) >= 11 is 6.02. The number of aliphatic hydroxyl groups is 1. The Kier molecular flexibility index (Phi) is 5.01. The molecule has 1 aliphatic carbocycles. The van der Waals surface area contributed by atoms with Crippen LogP contribution in [0.2, 0.25) is 0 Å². The summed E-state index contributed by atoms with van der Waals surface area (Å²) in [5, 5.41) is 9.57. The highest BCUT2D eigenvalue weighted by Crippen LogP contribution is 2.20. The van der Waals surface area contributed by atoms with Crippen molar-refractivity contribution in [2.24, 2.45) is 0 Å². The third kappa shape index (κ3) is 3.77. The summed E-state index contributed by atoms with van der Waals surface area (Å²) < 4.78 is 0. The van der Waals surface area contributed by atoms with Gasteiger partial charge in [0.25, 0.3) is 0 Å². The van der Waals surface area contributed by atoms with E-state index in [9.17, 15) is 5.11 Å². The molecule has 1 fully saturated rings. The second kappa shape index (κ2) is 5.82. The maximum absolute atomic E-state index is 9.57. The summed E-state index contributed by atoms with van der Waals surface area (Å²) in [6.07, 6.45) is 9.19. The molecule has 0 aromatic carbocycles. The first-order valence-corrected chi connectivity index (χ1v) is 5.56. The third-order valence-electron chi connectivity index (χ3n) is 2.65. The maximum Gasteiger partial charge on any atom is 0.0703 e. The summed E-state index contributed by atoms with van der Waals surface area (Å²) in [4.78, 5) is 0. The van der Waals surface area contributed by atoms with Crippen LogP contribution in [-0.4, -0.2) is 16.6 Å². The first-order chi connectivity index (χ1) is 5.80. The van der Waals surface area contributed by atoms with Gasteiger partial charge in [0.1, 0.15) is 0 Å².